The summed E-state index contributed by atoms with van der Waals surface area (Å²) in [6.45, 7) is 4.50. The maximum Gasteiger partial charge on any atom is 0.248 e. The molecule has 5 heteroatoms. The molecule has 0 bridgehead atoms. The second-order valence-electron chi connectivity index (χ2n) is 6.34. The molecule has 0 unspecified atom stereocenters. The van der Waals surface area contributed by atoms with Crippen LogP contribution in [0.4, 0.5) is 0 Å². The highest BCUT2D eigenvalue weighted by Crippen LogP contribution is 2.31. The average Bonchev–Trinajstić information content (AvgIpc) is 2.71. The van der Waals surface area contributed by atoms with Crippen molar-refractivity contribution in [3.8, 4) is 5.88 Å². The van der Waals surface area contributed by atoms with E-state index < -0.39 is 0 Å². The van der Waals surface area contributed by atoms with Crippen molar-refractivity contribution in [2.45, 2.75) is 84.0 Å². The van der Waals surface area contributed by atoms with Gasteiger partial charge in [0, 0.05) is 5.56 Å². The first-order valence-electron chi connectivity index (χ1n) is 8.84. The second kappa shape index (κ2) is 9.97. The van der Waals surface area contributed by atoms with E-state index >= 15 is 0 Å². The molecule has 0 fully saturated rings. The first kappa shape index (κ1) is 18.2. The van der Waals surface area contributed by atoms with Gasteiger partial charge in [0.05, 0.1) is 0 Å². The number of nitrogens with zero attached hydrogens (tertiary/aromatic N) is 2. The van der Waals surface area contributed by atoms with Crippen molar-refractivity contribution in [2.24, 2.45) is 0 Å². The van der Waals surface area contributed by atoms with Crippen LogP contribution in [0.5, 0.6) is 5.88 Å². The van der Waals surface area contributed by atoms with Gasteiger partial charge in [-0.05, 0) is 24.4 Å². The number of hydrogen-bond acceptors (Lipinski definition) is 2. The van der Waals surface area contributed by atoms with E-state index in [1.807, 2.05) is 12.6 Å². The molecule has 0 aromatic carbocycles. The Kier molecular flexibility index (Phi) is 8.63. The Labute approximate surface area is 132 Å². The van der Waals surface area contributed by atoms with Crippen LogP contribution in [0.2, 0.25) is 0 Å². The lowest BCUT2D eigenvalue weighted by Crippen LogP contribution is -2.21. The minimum atomic E-state index is 0.256. The van der Waals surface area contributed by atoms with Crippen LogP contribution < -0.4 is 5.59 Å². The van der Waals surface area contributed by atoms with E-state index in [0.29, 0.717) is 5.92 Å². The smallest absolute Gasteiger partial charge is 0.248 e. The van der Waals surface area contributed by atoms with Crippen LogP contribution in [-0.2, 0) is 0 Å². The average molecular weight is 290 g/mol. The maximum absolute atomic E-state index is 10.2. The lowest BCUT2D eigenvalue weighted by molar-refractivity contribution is 0.425. The molecular weight excluding hydrogens is 258 g/mol. The second-order valence-corrected chi connectivity index (χ2v) is 6.34. The van der Waals surface area contributed by atoms with Crippen molar-refractivity contribution in [2.75, 3.05) is 0 Å². The standard InChI is InChI=1S/C16H32B2N2O/c1-3-5-7-9-11-13(12-10-8-6-4-2)14-15(17)20(18)19-16(14)21/h13H,3-12,17-18H2,1-2H3,(H,19,21). The molecule has 0 aliphatic heterocycles. The monoisotopic (exact) mass is 290 g/mol. The van der Waals surface area contributed by atoms with Gasteiger partial charge in [0.15, 0.2) is 7.85 Å². The Bertz CT molecular complexity index is 395. The molecule has 1 N–H and O–H groups in total. The van der Waals surface area contributed by atoms with Crippen LogP contribution >= 0.6 is 0 Å². The maximum atomic E-state index is 10.2. The molecule has 0 atom stereocenters. The van der Waals surface area contributed by atoms with Crippen LogP contribution in [0, 0.1) is 0 Å². The van der Waals surface area contributed by atoms with E-state index in [4.69, 9.17) is 0 Å². The van der Waals surface area contributed by atoms with Crippen molar-refractivity contribution in [1.82, 2.24) is 9.69 Å². The fourth-order valence-electron chi connectivity index (χ4n) is 3.15. The molecular formula is C16H32B2N2O. The van der Waals surface area contributed by atoms with E-state index in [0.717, 1.165) is 11.2 Å². The van der Waals surface area contributed by atoms with Crippen LogP contribution in [-0.4, -0.2) is 30.6 Å². The van der Waals surface area contributed by atoms with Gasteiger partial charge in [0.1, 0.15) is 0 Å². The summed E-state index contributed by atoms with van der Waals surface area (Å²) in [7, 11) is 4.00. The zero-order valence-corrected chi connectivity index (χ0v) is 14.5. The van der Waals surface area contributed by atoms with Gasteiger partial charge in [-0.25, -0.2) is 0 Å². The predicted molar refractivity (Wildman–Crippen MR) is 96.3 cm³/mol. The van der Waals surface area contributed by atoms with Crippen LogP contribution in [0.3, 0.4) is 0 Å². The third-order valence-corrected chi connectivity index (χ3v) is 4.58. The molecule has 0 aliphatic carbocycles. The first-order valence-corrected chi connectivity index (χ1v) is 8.84. The summed E-state index contributed by atoms with van der Waals surface area (Å²) in [5.41, 5.74) is 2.23. The Morgan fingerprint density at radius 3 is 1.90 bits per heavy atom. The molecule has 118 valence electrons. The van der Waals surface area contributed by atoms with Gasteiger partial charge in [-0.15, -0.1) is 5.10 Å². The topological polar surface area (TPSA) is 38.1 Å². The molecule has 0 saturated carbocycles. The van der Waals surface area contributed by atoms with Gasteiger partial charge in [0.2, 0.25) is 13.9 Å². The third-order valence-electron chi connectivity index (χ3n) is 4.58. The number of unbranched alkanes of at least 4 members (excludes halogenated alkanes) is 6. The molecule has 3 nitrogen and oxygen atoms in total. The van der Waals surface area contributed by atoms with E-state index in [9.17, 15) is 5.11 Å². The molecule has 1 aromatic rings. The quantitative estimate of drug-likeness (QED) is 0.501. The van der Waals surface area contributed by atoms with E-state index in [-0.39, 0.29) is 5.88 Å². The molecule has 1 rings (SSSR count). The highest BCUT2D eigenvalue weighted by molar-refractivity contribution is 6.35. The minimum absolute atomic E-state index is 0.256. The van der Waals surface area contributed by atoms with Crippen molar-refractivity contribution in [3.05, 3.63) is 5.56 Å². The van der Waals surface area contributed by atoms with Gasteiger partial charge < -0.3 is 9.70 Å². The molecule has 21 heavy (non-hydrogen) atoms. The SMILES string of the molecule is Bc1c(C(CCCCCC)CCCCCC)c(O)nn1B. The molecule has 0 radical (unpaired) electrons. The Balaban J connectivity index is 2.65. The first-order chi connectivity index (χ1) is 10.1. The molecule has 0 spiro atoms. The molecule has 0 saturated heterocycles. The predicted octanol–water partition coefficient (Wildman–Crippen LogP) is 2.27. The lowest BCUT2D eigenvalue weighted by Gasteiger charge is -2.17. The van der Waals surface area contributed by atoms with Crippen molar-refractivity contribution < 1.29 is 5.11 Å². The molecule has 1 aromatic heterocycles. The summed E-state index contributed by atoms with van der Waals surface area (Å²) < 4.78 is 1.82. The van der Waals surface area contributed by atoms with Crippen LogP contribution in [0.1, 0.15) is 89.5 Å². The van der Waals surface area contributed by atoms with Crippen LogP contribution in [0.15, 0.2) is 0 Å². The van der Waals surface area contributed by atoms with Crippen molar-refractivity contribution in [1.29, 1.82) is 0 Å². The number of hydrogen-bond donors (Lipinski definition) is 1. The van der Waals surface area contributed by atoms with E-state index in [2.05, 4.69) is 26.8 Å². The minimum Gasteiger partial charge on any atom is -0.492 e. The number of aromatic hydroxyl groups is 1. The van der Waals surface area contributed by atoms with Crippen LogP contribution in [0.25, 0.3) is 0 Å². The summed E-state index contributed by atoms with van der Waals surface area (Å²) >= 11 is 0. The van der Waals surface area contributed by atoms with Gasteiger partial charge in [-0.1, -0.05) is 65.2 Å². The summed E-state index contributed by atoms with van der Waals surface area (Å²) in [6, 6.07) is 0. The zero-order chi connectivity index (χ0) is 15.7. The van der Waals surface area contributed by atoms with Crippen molar-refractivity contribution >= 4 is 21.4 Å². The Morgan fingerprint density at radius 2 is 1.52 bits per heavy atom. The summed E-state index contributed by atoms with van der Waals surface area (Å²) in [5, 5.41) is 14.3. The third kappa shape index (κ3) is 5.80. The molecule has 0 amide bonds. The van der Waals surface area contributed by atoms with E-state index in [1.165, 1.54) is 64.2 Å². The number of rotatable bonds is 11. The Hall–Kier alpha value is -0.860. The van der Waals surface area contributed by atoms with E-state index in [1.54, 1.807) is 0 Å². The lowest BCUT2D eigenvalue weighted by atomic mass is 9.83. The summed E-state index contributed by atoms with van der Waals surface area (Å²) in [4.78, 5) is 0. The van der Waals surface area contributed by atoms with Gasteiger partial charge in [-0.2, -0.15) is 0 Å². The highest BCUT2D eigenvalue weighted by atomic mass is 16.3. The van der Waals surface area contributed by atoms with Crippen molar-refractivity contribution in [3.63, 3.8) is 0 Å². The largest absolute Gasteiger partial charge is 0.492 e. The molecule has 1 heterocycles. The fourth-order valence-corrected chi connectivity index (χ4v) is 3.15. The Morgan fingerprint density at radius 1 is 1.00 bits per heavy atom. The van der Waals surface area contributed by atoms with Gasteiger partial charge in [0.25, 0.3) is 0 Å². The zero-order valence-electron chi connectivity index (χ0n) is 14.5. The summed E-state index contributed by atoms with van der Waals surface area (Å²) in [5.74, 6) is 0.735. The van der Waals surface area contributed by atoms with Gasteiger partial charge >= 0.3 is 0 Å². The van der Waals surface area contributed by atoms with Gasteiger partial charge in [-0.3, -0.25) is 0 Å². The number of aromatic nitrogens is 2. The fraction of sp³-hybridized carbons (Fsp3) is 0.812. The summed E-state index contributed by atoms with van der Waals surface area (Å²) in [6.07, 6.45) is 12.7. The normalized spacial score (nSPS) is 11.4. The molecule has 0 aliphatic rings. The highest BCUT2D eigenvalue weighted by Gasteiger charge is 2.21.